The van der Waals surface area contributed by atoms with Crippen molar-refractivity contribution in [2.45, 2.75) is 147 Å². The zero-order chi connectivity index (χ0) is 57.7. The molecule has 0 saturated heterocycles. The highest BCUT2D eigenvalue weighted by Gasteiger charge is 2.74. The van der Waals surface area contributed by atoms with Crippen molar-refractivity contribution >= 4 is 52.5 Å². The number of rotatable bonds is 30. The molecular formula is C59H89NO14Si2. The van der Waals surface area contributed by atoms with E-state index in [4.69, 9.17) is 37.3 Å². The van der Waals surface area contributed by atoms with E-state index in [0.717, 1.165) is 5.56 Å². The zero-order valence-electron chi connectivity index (χ0n) is 48.5. The third-order valence-corrected chi connectivity index (χ3v) is 25.5. The minimum absolute atomic E-state index is 0.0633. The smallest absolute Gasteiger partial charge is 0.323 e. The van der Waals surface area contributed by atoms with E-state index in [1.807, 2.05) is 42.5 Å². The van der Waals surface area contributed by atoms with E-state index in [9.17, 15) is 28.8 Å². The number of hydrogen-bond acceptors (Lipinski definition) is 15. The van der Waals surface area contributed by atoms with Crippen LogP contribution in [0.4, 0.5) is 0 Å². The number of nitrogens with zero attached hydrogens (tertiary/aromatic N) is 1. The molecule has 0 bridgehead atoms. The fourth-order valence-corrected chi connectivity index (χ4v) is 12.6. The number of benzene rings is 1. The molecule has 4 atom stereocenters. The first-order chi connectivity index (χ1) is 35.4. The van der Waals surface area contributed by atoms with Crippen molar-refractivity contribution in [3.63, 3.8) is 0 Å². The van der Waals surface area contributed by atoms with Crippen LogP contribution in [0.2, 0.25) is 36.3 Å². The van der Waals surface area contributed by atoms with Gasteiger partial charge in [-0.25, -0.2) is 0 Å². The Kier molecular flexibility index (Phi) is 22.2. The molecule has 3 rings (SSSR count). The van der Waals surface area contributed by atoms with Crippen LogP contribution in [0.1, 0.15) is 98.5 Å². The van der Waals surface area contributed by atoms with Gasteiger partial charge in [0.15, 0.2) is 27.5 Å². The summed E-state index contributed by atoms with van der Waals surface area (Å²) in [5.74, 6) is -3.97. The molecule has 0 spiro atoms. The van der Waals surface area contributed by atoms with Crippen LogP contribution in [-0.4, -0.2) is 124 Å². The van der Waals surface area contributed by atoms with Crippen LogP contribution in [0.5, 0.6) is 0 Å². The monoisotopic (exact) mass is 1090 g/mol. The number of ether oxygens (including phenoxy) is 6. The van der Waals surface area contributed by atoms with Gasteiger partial charge in [0, 0.05) is 19.6 Å². The minimum Gasteiger partial charge on any atom is -0.468 e. The average Bonchev–Trinajstić information content (AvgIpc) is 4.25. The molecule has 0 aromatic heterocycles. The zero-order valence-corrected chi connectivity index (χ0v) is 50.5. The molecule has 76 heavy (non-hydrogen) atoms. The summed E-state index contributed by atoms with van der Waals surface area (Å²) in [6.45, 7) is 30.5. The Hall–Kier alpha value is -5.21. The van der Waals surface area contributed by atoms with E-state index >= 15 is 0 Å². The molecular weight excluding hydrogens is 1000 g/mol. The Morgan fingerprint density at radius 2 is 0.829 bits per heavy atom. The predicted octanol–water partition coefficient (Wildman–Crippen LogP) is 10.7. The van der Waals surface area contributed by atoms with Gasteiger partial charge in [-0.05, 0) is 93.2 Å². The minimum atomic E-state index is -2.36. The lowest BCUT2D eigenvalue weighted by atomic mass is 9.80. The molecule has 1 aromatic carbocycles. The Bertz CT molecular complexity index is 2190. The Balaban J connectivity index is 1.89. The first-order valence-electron chi connectivity index (χ1n) is 26.0. The molecule has 0 N–H and O–H groups in total. The van der Waals surface area contributed by atoms with E-state index in [0.29, 0.717) is 32.5 Å². The summed E-state index contributed by atoms with van der Waals surface area (Å²) in [5, 5.41) is -0.260. The second-order valence-electron chi connectivity index (χ2n) is 23.3. The van der Waals surface area contributed by atoms with Gasteiger partial charge >= 0.3 is 35.8 Å². The molecule has 2 aliphatic rings. The molecule has 2 saturated carbocycles. The van der Waals surface area contributed by atoms with Crippen molar-refractivity contribution < 1.29 is 66.0 Å². The van der Waals surface area contributed by atoms with E-state index < -0.39 is 85.3 Å². The van der Waals surface area contributed by atoms with Crippen LogP contribution in [0.15, 0.2) is 104 Å². The number of methoxy groups -OCH3 is 6. The van der Waals surface area contributed by atoms with Gasteiger partial charge in [-0.2, -0.15) is 0 Å². The van der Waals surface area contributed by atoms with Gasteiger partial charge in [0.25, 0.3) is 0 Å². The van der Waals surface area contributed by atoms with Crippen LogP contribution >= 0.6 is 0 Å². The highest BCUT2D eigenvalue weighted by atomic mass is 28.4. The summed E-state index contributed by atoms with van der Waals surface area (Å²) in [6.07, 6.45) is 18.4. The molecule has 1 aromatic rings. The molecule has 2 fully saturated rings. The standard InChI is InChI=1S/C59H89NO14Si2/c1-19-58(73-75(15,16)52(3,4)5)43-56(58,50(65)71-13)38-26-24-34-54(46(61)67-9,47(62)68-10)36-28-30-40-60(42-45-32-22-21-23-33-45)41-31-29-37-55(48(63)69-11,49(64)70-12)35-25-27-39-57(51(66)72-14)44-59(57,20-2)74-76(17,18)53(6,7)8/h19-33H,1-2,34-44H2,3-18H3/b26-24+,27-25+,30-28+,31-29+/t56-,57-,58+,59+/m0/s1. The maximum atomic E-state index is 13.6. The summed E-state index contributed by atoms with van der Waals surface area (Å²) in [4.78, 5) is 83.5. The van der Waals surface area contributed by atoms with Crippen molar-refractivity contribution in [1.29, 1.82) is 0 Å². The summed E-state index contributed by atoms with van der Waals surface area (Å²) >= 11 is 0. The lowest BCUT2D eigenvalue weighted by Gasteiger charge is -2.40. The predicted molar refractivity (Wildman–Crippen MR) is 299 cm³/mol. The molecule has 17 heteroatoms. The number of allylic oxidation sites excluding steroid dienone is 6. The number of carbonyl (C=O) groups is 6. The molecule has 0 unspecified atom stereocenters. The Morgan fingerprint density at radius 3 is 1.11 bits per heavy atom. The lowest BCUT2D eigenvalue weighted by molar-refractivity contribution is -0.170. The van der Waals surface area contributed by atoms with Gasteiger partial charge in [0.05, 0.1) is 53.9 Å². The quantitative estimate of drug-likeness (QED) is 0.0233. The summed E-state index contributed by atoms with van der Waals surface area (Å²) in [5.41, 5.74) is -6.41. The molecule has 0 amide bonds. The summed E-state index contributed by atoms with van der Waals surface area (Å²) in [6, 6.07) is 9.78. The van der Waals surface area contributed by atoms with Gasteiger partial charge in [0.1, 0.15) is 10.8 Å². The highest BCUT2D eigenvalue weighted by Crippen LogP contribution is 2.66. The van der Waals surface area contributed by atoms with Crippen LogP contribution in [0.3, 0.4) is 0 Å². The van der Waals surface area contributed by atoms with E-state index in [1.54, 1.807) is 48.6 Å². The van der Waals surface area contributed by atoms with Crippen LogP contribution in [0.25, 0.3) is 0 Å². The van der Waals surface area contributed by atoms with Crippen LogP contribution < -0.4 is 0 Å². The van der Waals surface area contributed by atoms with Crippen molar-refractivity contribution in [3.05, 3.63) is 110 Å². The number of carbonyl (C=O) groups excluding carboxylic acids is 6. The van der Waals surface area contributed by atoms with Crippen molar-refractivity contribution in [1.82, 2.24) is 4.90 Å². The van der Waals surface area contributed by atoms with Gasteiger partial charge in [0.2, 0.25) is 0 Å². The third kappa shape index (κ3) is 13.9. The fraction of sp³-hybridized carbons (Fsp3) is 0.593. The molecule has 0 heterocycles. The number of hydrogen-bond donors (Lipinski definition) is 0. The molecule has 422 valence electrons. The first-order valence-corrected chi connectivity index (χ1v) is 31.8. The third-order valence-electron chi connectivity index (χ3n) is 16.5. The van der Waals surface area contributed by atoms with E-state index in [-0.39, 0.29) is 48.6 Å². The summed E-state index contributed by atoms with van der Waals surface area (Å²) < 4.78 is 45.1. The molecule has 0 aliphatic heterocycles. The van der Waals surface area contributed by atoms with E-state index in [1.165, 1.54) is 42.7 Å². The van der Waals surface area contributed by atoms with Crippen molar-refractivity contribution in [2.24, 2.45) is 21.7 Å². The van der Waals surface area contributed by atoms with Crippen molar-refractivity contribution in [2.75, 3.05) is 55.7 Å². The van der Waals surface area contributed by atoms with Crippen LogP contribution in [0, 0.1) is 21.7 Å². The van der Waals surface area contributed by atoms with Crippen LogP contribution in [-0.2, 0) is 72.6 Å². The SMILES string of the molecule is C=C[C@@]1(O[Si](C)(C)C(C)(C)C)C[C@@]1(C/C=C/CC(C/C=C/CN(C/C=C/CC(C/C=C/C[C@@]1(C(=O)OC)C[C@@]1(C=C)O[Si](C)(C)C(C)(C)C)(C(=O)OC)C(=O)OC)Cc1ccccc1)(C(=O)OC)C(=O)OC)C(=O)OC. The Labute approximate surface area is 455 Å². The fourth-order valence-electron chi connectivity index (χ4n) is 9.43. The summed E-state index contributed by atoms with van der Waals surface area (Å²) in [7, 11) is 2.83. The normalized spacial score (nSPS) is 22.2. The Morgan fingerprint density at radius 1 is 0.513 bits per heavy atom. The van der Waals surface area contributed by atoms with E-state index in [2.05, 4.69) is 85.8 Å². The van der Waals surface area contributed by atoms with Gasteiger partial charge < -0.3 is 37.3 Å². The maximum Gasteiger partial charge on any atom is 0.323 e. The molecule has 0 radical (unpaired) electrons. The molecule has 2 aliphatic carbocycles. The average molecular weight is 1090 g/mol. The van der Waals surface area contributed by atoms with Gasteiger partial charge in [-0.15, -0.1) is 13.2 Å². The largest absolute Gasteiger partial charge is 0.468 e. The van der Waals surface area contributed by atoms with Crippen molar-refractivity contribution in [3.8, 4) is 0 Å². The maximum absolute atomic E-state index is 13.6. The van der Waals surface area contributed by atoms with Gasteiger partial charge in [-0.1, -0.05) is 133 Å². The second kappa shape index (κ2) is 26.0. The molecule has 15 nitrogen and oxygen atoms in total. The highest BCUT2D eigenvalue weighted by molar-refractivity contribution is 6.74. The second-order valence-corrected chi connectivity index (χ2v) is 32.8. The topological polar surface area (TPSA) is 180 Å². The van der Waals surface area contributed by atoms with Gasteiger partial charge in [-0.3, -0.25) is 33.7 Å². The first kappa shape index (κ1) is 65.1. The lowest BCUT2D eigenvalue weighted by Crippen LogP contribution is -2.46. The number of esters is 6.